The van der Waals surface area contributed by atoms with Crippen LogP contribution in [0.15, 0.2) is 16.3 Å². The molecule has 8 heteroatoms. The van der Waals surface area contributed by atoms with Gasteiger partial charge in [0, 0.05) is 13.1 Å². The summed E-state index contributed by atoms with van der Waals surface area (Å²) < 4.78 is 26.0. The zero-order valence-corrected chi connectivity index (χ0v) is 13.7. The van der Waals surface area contributed by atoms with E-state index in [9.17, 15) is 13.2 Å². The molecule has 1 fully saturated rings. The maximum Gasteiger partial charge on any atom is 0.252 e. The van der Waals surface area contributed by atoms with Crippen LogP contribution in [0.1, 0.15) is 19.8 Å². The van der Waals surface area contributed by atoms with Gasteiger partial charge in [-0.15, -0.1) is 11.3 Å². The summed E-state index contributed by atoms with van der Waals surface area (Å²) in [5.74, 6) is 0.259. The molecule has 1 atom stereocenters. The molecule has 1 aliphatic rings. The number of likely N-dealkylation sites (N-methyl/N-ethyl adjacent to an activating group) is 1. The average Bonchev–Trinajstić information content (AvgIpc) is 3.11. The van der Waals surface area contributed by atoms with Crippen molar-refractivity contribution in [1.82, 2.24) is 9.62 Å². The summed E-state index contributed by atoms with van der Waals surface area (Å²) in [6.45, 7) is 1.76. The van der Waals surface area contributed by atoms with Gasteiger partial charge in [0.1, 0.15) is 4.21 Å². The Morgan fingerprint density at radius 3 is 2.70 bits per heavy atom. The minimum atomic E-state index is -3.65. The molecule has 0 spiro atoms. The van der Waals surface area contributed by atoms with E-state index in [2.05, 4.69) is 5.32 Å². The highest BCUT2D eigenvalue weighted by molar-refractivity contribution is 7.91. The van der Waals surface area contributed by atoms with Crippen LogP contribution in [0.3, 0.4) is 0 Å². The predicted molar refractivity (Wildman–Crippen MR) is 79.5 cm³/mol. The summed E-state index contributed by atoms with van der Waals surface area (Å²) in [4.78, 5) is 11.8. The van der Waals surface area contributed by atoms with Gasteiger partial charge in [0.05, 0.1) is 10.9 Å². The van der Waals surface area contributed by atoms with Crippen molar-refractivity contribution in [3.8, 4) is 0 Å². The molecule has 0 saturated heterocycles. The maximum absolute atomic E-state index is 12.2. The van der Waals surface area contributed by atoms with Crippen LogP contribution in [0.5, 0.6) is 0 Å². The summed E-state index contributed by atoms with van der Waals surface area (Å²) in [7, 11) is -2.25. The van der Waals surface area contributed by atoms with Crippen molar-refractivity contribution in [3.63, 3.8) is 0 Å². The lowest BCUT2D eigenvalue weighted by Crippen LogP contribution is -2.42. The van der Waals surface area contributed by atoms with E-state index in [0.717, 1.165) is 28.5 Å². The second-order valence-corrected chi connectivity index (χ2v) is 9.00. The molecule has 0 aromatic carbocycles. The first kappa shape index (κ1) is 15.8. The molecule has 5 nitrogen and oxygen atoms in total. The van der Waals surface area contributed by atoms with Crippen LogP contribution in [0.25, 0.3) is 0 Å². The van der Waals surface area contributed by atoms with Crippen LogP contribution in [-0.2, 0) is 14.8 Å². The molecule has 0 radical (unpaired) electrons. The Bertz CT molecular complexity index is 596. The largest absolute Gasteiger partial charge is 0.352 e. The van der Waals surface area contributed by atoms with Gasteiger partial charge in [-0.05, 0) is 37.8 Å². The normalized spacial score (nSPS) is 17.2. The molecule has 0 unspecified atom stereocenters. The van der Waals surface area contributed by atoms with Gasteiger partial charge in [0.25, 0.3) is 10.0 Å². The van der Waals surface area contributed by atoms with Crippen molar-refractivity contribution in [2.75, 3.05) is 13.6 Å². The molecule has 20 heavy (non-hydrogen) atoms. The summed E-state index contributed by atoms with van der Waals surface area (Å²) in [5, 5.41) is 2.83. The molecular weight excluding hydrogens is 320 g/mol. The van der Waals surface area contributed by atoms with E-state index in [1.54, 1.807) is 0 Å². The van der Waals surface area contributed by atoms with Crippen LogP contribution in [-0.4, -0.2) is 38.3 Å². The minimum Gasteiger partial charge on any atom is -0.352 e. The van der Waals surface area contributed by atoms with Crippen molar-refractivity contribution in [2.24, 2.45) is 5.92 Å². The fraction of sp³-hybridized carbons (Fsp3) is 0.583. The van der Waals surface area contributed by atoms with Crippen LogP contribution in [0.2, 0.25) is 4.34 Å². The number of hydrogen-bond acceptors (Lipinski definition) is 4. The first-order valence-electron chi connectivity index (χ1n) is 6.31. The summed E-state index contributed by atoms with van der Waals surface area (Å²) in [6.07, 6.45) is 2.26. The average molecular weight is 337 g/mol. The number of carbonyl (C=O) groups excluding carboxylic acids is 1. The van der Waals surface area contributed by atoms with E-state index in [4.69, 9.17) is 11.6 Å². The summed E-state index contributed by atoms with van der Waals surface area (Å²) in [6, 6.07) is 3.08. The Morgan fingerprint density at radius 2 is 2.20 bits per heavy atom. The van der Waals surface area contributed by atoms with Gasteiger partial charge in [-0.25, -0.2) is 8.42 Å². The molecule has 1 aliphatic carbocycles. The number of nitrogens with zero attached hydrogens (tertiary/aromatic N) is 1. The molecule has 2 rings (SSSR count). The Hall–Kier alpha value is -0.630. The van der Waals surface area contributed by atoms with E-state index >= 15 is 0 Å². The zero-order chi connectivity index (χ0) is 14.9. The monoisotopic (exact) mass is 336 g/mol. The summed E-state index contributed by atoms with van der Waals surface area (Å²) in [5.41, 5.74) is 0. The van der Waals surface area contributed by atoms with Crippen LogP contribution in [0, 0.1) is 5.92 Å². The van der Waals surface area contributed by atoms with Gasteiger partial charge >= 0.3 is 0 Å². The highest BCUT2D eigenvalue weighted by Gasteiger charge is 2.30. The number of carbonyl (C=O) groups is 1. The van der Waals surface area contributed by atoms with Gasteiger partial charge in [-0.2, -0.15) is 4.31 Å². The number of amides is 1. The number of halogens is 1. The first-order valence-corrected chi connectivity index (χ1v) is 8.95. The fourth-order valence-electron chi connectivity index (χ4n) is 1.89. The van der Waals surface area contributed by atoms with Crippen LogP contribution < -0.4 is 5.32 Å². The Balaban J connectivity index is 1.96. The van der Waals surface area contributed by atoms with E-state index in [1.165, 1.54) is 19.2 Å². The number of sulfonamides is 1. The van der Waals surface area contributed by atoms with E-state index in [0.29, 0.717) is 10.3 Å². The topological polar surface area (TPSA) is 66.5 Å². The van der Waals surface area contributed by atoms with Crippen molar-refractivity contribution < 1.29 is 13.2 Å². The quantitative estimate of drug-likeness (QED) is 0.863. The van der Waals surface area contributed by atoms with E-state index in [1.807, 2.05) is 6.92 Å². The molecular formula is C12H17ClN2O3S2. The standard InChI is InChI=1S/C12H17ClN2O3S2/c1-8(9-3-4-9)14-11(16)7-15(2)20(17,18)12-6-5-10(13)19-12/h5-6,8-9H,3-4,7H2,1-2H3,(H,14,16)/t8-/m1/s1. The number of thiophene rings is 1. The van der Waals surface area contributed by atoms with Gasteiger partial charge in [0.2, 0.25) is 5.91 Å². The third-order valence-corrected chi connectivity index (χ3v) is 6.80. The number of rotatable bonds is 6. The number of hydrogen-bond donors (Lipinski definition) is 1. The van der Waals surface area contributed by atoms with Crippen LogP contribution in [0.4, 0.5) is 0 Å². The van der Waals surface area contributed by atoms with E-state index < -0.39 is 10.0 Å². The van der Waals surface area contributed by atoms with Crippen molar-refractivity contribution in [2.45, 2.75) is 30.0 Å². The third-order valence-electron chi connectivity index (χ3n) is 3.30. The zero-order valence-electron chi connectivity index (χ0n) is 11.3. The van der Waals surface area contributed by atoms with Gasteiger partial charge < -0.3 is 5.32 Å². The SMILES string of the molecule is C[C@@H](NC(=O)CN(C)S(=O)(=O)c1ccc(Cl)s1)C1CC1. The lowest BCUT2D eigenvalue weighted by Gasteiger charge is -2.18. The Kier molecular flexibility index (Phi) is 4.73. The Morgan fingerprint density at radius 1 is 1.55 bits per heavy atom. The van der Waals surface area contributed by atoms with Gasteiger partial charge in [-0.3, -0.25) is 4.79 Å². The highest BCUT2D eigenvalue weighted by atomic mass is 35.5. The fourth-order valence-corrected chi connectivity index (χ4v) is 4.71. The van der Waals surface area contributed by atoms with Gasteiger partial charge in [-0.1, -0.05) is 11.6 Å². The second-order valence-electron chi connectivity index (χ2n) is 5.01. The van der Waals surface area contributed by atoms with Crippen molar-refractivity contribution >= 4 is 38.9 Å². The van der Waals surface area contributed by atoms with Gasteiger partial charge in [0.15, 0.2) is 0 Å². The molecule has 1 aromatic rings. The summed E-state index contributed by atoms with van der Waals surface area (Å²) >= 11 is 6.73. The second kappa shape index (κ2) is 6.01. The predicted octanol–water partition coefficient (Wildman–Crippen LogP) is 1.94. The lowest BCUT2D eigenvalue weighted by molar-refractivity contribution is -0.121. The molecule has 0 bridgehead atoms. The van der Waals surface area contributed by atoms with Crippen molar-refractivity contribution in [1.29, 1.82) is 0 Å². The molecule has 1 heterocycles. The third kappa shape index (κ3) is 3.72. The molecule has 112 valence electrons. The molecule has 1 aromatic heterocycles. The minimum absolute atomic E-state index is 0.106. The molecule has 1 amide bonds. The first-order chi connectivity index (χ1) is 9.30. The molecule has 1 saturated carbocycles. The smallest absolute Gasteiger partial charge is 0.252 e. The van der Waals surface area contributed by atoms with E-state index in [-0.39, 0.29) is 22.7 Å². The molecule has 1 N–H and O–H groups in total. The maximum atomic E-state index is 12.2. The highest BCUT2D eigenvalue weighted by Crippen LogP contribution is 2.32. The number of nitrogens with one attached hydrogen (secondary N) is 1. The Labute approximate surface area is 128 Å². The molecule has 0 aliphatic heterocycles. The van der Waals surface area contributed by atoms with Crippen molar-refractivity contribution in [3.05, 3.63) is 16.5 Å². The van der Waals surface area contributed by atoms with Crippen LogP contribution >= 0.6 is 22.9 Å². The lowest BCUT2D eigenvalue weighted by atomic mass is 10.2.